The highest BCUT2D eigenvalue weighted by Crippen LogP contribution is 2.32. The van der Waals surface area contributed by atoms with Gasteiger partial charge in [-0.05, 0) is 24.6 Å². The summed E-state index contributed by atoms with van der Waals surface area (Å²) >= 11 is 0. The smallest absolute Gasteiger partial charge is 0.276 e. The van der Waals surface area contributed by atoms with Crippen molar-refractivity contribution >= 4 is 11.8 Å². The molecule has 7 nitrogen and oxygen atoms in total. The van der Waals surface area contributed by atoms with E-state index in [0.717, 1.165) is 22.4 Å². The third kappa shape index (κ3) is 6.10. The van der Waals surface area contributed by atoms with E-state index in [-0.39, 0.29) is 25.4 Å². The van der Waals surface area contributed by atoms with Crippen molar-refractivity contribution in [1.29, 1.82) is 0 Å². The molecular formula is C27H25N3O4. The van der Waals surface area contributed by atoms with Crippen molar-refractivity contribution in [3.8, 4) is 28.3 Å². The molecule has 4 aromatic rings. The fourth-order valence-corrected chi connectivity index (χ4v) is 3.36. The second-order valence-electron chi connectivity index (χ2n) is 7.72. The highest BCUT2D eigenvalue weighted by atomic mass is 16.5. The average molecular weight is 456 g/mol. The van der Waals surface area contributed by atoms with E-state index in [4.69, 9.17) is 9.15 Å². The first-order valence-electron chi connectivity index (χ1n) is 11.0. The fraction of sp³-hybridized carbons (Fsp3) is 0.148. The van der Waals surface area contributed by atoms with Gasteiger partial charge in [0.2, 0.25) is 5.91 Å². The third-order valence-electron chi connectivity index (χ3n) is 5.02. The van der Waals surface area contributed by atoms with Gasteiger partial charge < -0.3 is 9.15 Å². The maximum atomic E-state index is 12.2. The van der Waals surface area contributed by atoms with Crippen molar-refractivity contribution in [2.45, 2.75) is 19.8 Å². The van der Waals surface area contributed by atoms with Crippen LogP contribution in [0.15, 0.2) is 89.3 Å². The number of nitrogens with zero attached hydrogens (tertiary/aromatic N) is 1. The van der Waals surface area contributed by atoms with Crippen molar-refractivity contribution in [3.05, 3.63) is 96.4 Å². The standard InChI is InChI=1S/C27H25N3O4/c1-19-9-8-14-22(17-19)33-18-24(32)30-29-23(31)15-16-25-28-26(20-10-4-2-5-11-20)27(34-25)21-12-6-3-7-13-21/h2-14,17H,15-16,18H2,1H3,(H,29,31)(H,30,32). The zero-order chi connectivity index (χ0) is 23.8. The minimum absolute atomic E-state index is 0.0992. The number of hydrogen-bond donors (Lipinski definition) is 2. The lowest BCUT2D eigenvalue weighted by atomic mass is 10.1. The molecule has 0 saturated heterocycles. The van der Waals surface area contributed by atoms with E-state index in [2.05, 4.69) is 15.8 Å². The van der Waals surface area contributed by atoms with E-state index in [1.54, 1.807) is 6.07 Å². The van der Waals surface area contributed by atoms with E-state index < -0.39 is 5.91 Å². The number of ether oxygens (including phenoxy) is 1. The van der Waals surface area contributed by atoms with Gasteiger partial charge in [0.15, 0.2) is 18.3 Å². The van der Waals surface area contributed by atoms with Crippen molar-refractivity contribution in [3.63, 3.8) is 0 Å². The second kappa shape index (κ2) is 11.0. The van der Waals surface area contributed by atoms with Gasteiger partial charge >= 0.3 is 0 Å². The topological polar surface area (TPSA) is 93.5 Å². The van der Waals surface area contributed by atoms with Gasteiger partial charge in [-0.15, -0.1) is 0 Å². The summed E-state index contributed by atoms with van der Waals surface area (Å²) in [6.07, 6.45) is 0.385. The molecule has 2 amide bonds. The Morgan fingerprint density at radius 3 is 2.24 bits per heavy atom. The van der Waals surface area contributed by atoms with Gasteiger partial charge in [-0.2, -0.15) is 0 Å². The van der Waals surface area contributed by atoms with Crippen LogP contribution in [0.1, 0.15) is 17.9 Å². The molecule has 3 aromatic carbocycles. The van der Waals surface area contributed by atoms with Gasteiger partial charge in [0.25, 0.3) is 5.91 Å². The van der Waals surface area contributed by atoms with Crippen LogP contribution < -0.4 is 15.6 Å². The molecule has 172 valence electrons. The van der Waals surface area contributed by atoms with E-state index >= 15 is 0 Å². The minimum atomic E-state index is -0.455. The Morgan fingerprint density at radius 1 is 0.853 bits per heavy atom. The zero-order valence-corrected chi connectivity index (χ0v) is 18.8. The number of hydrazine groups is 1. The summed E-state index contributed by atoms with van der Waals surface area (Å²) in [4.78, 5) is 28.8. The van der Waals surface area contributed by atoms with Gasteiger partial charge in [-0.25, -0.2) is 4.98 Å². The van der Waals surface area contributed by atoms with E-state index in [0.29, 0.717) is 17.4 Å². The number of benzene rings is 3. The van der Waals surface area contributed by atoms with Crippen LogP contribution in [-0.2, 0) is 16.0 Å². The summed E-state index contributed by atoms with van der Waals surface area (Å²) in [5, 5.41) is 0. The van der Waals surface area contributed by atoms with Gasteiger partial charge in [0.1, 0.15) is 11.4 Å². The van der Waals surface area contributed by atoms with Crippen LogP contribution in [0.5, 0.6) is 5.75 Å². The third-order valence-corrected chi connectivity index (χ3v) is 5.02. The lowest BCUT2D eigenvalue weighted by molar-refractivity contribution is -0.130. The van der Waals surface area contributed by atoms with Crippen LogP contribution >= 0.6 is 0 Å². The number of aryl methyl sites for hydroxylation is 2. The summed E-state index contributed by atoms with van der Waals surface area (Å²) in [6, 6.07) is 26.9. The SMILES string of the molecule is Cc1cccc(OCC(=O)NNC(=O)CCc2nc(-c3ccccc3)c(-c3ccccc3)o2)c1. The average Bonchev–Trinajstić information content (AvgIpc) is 3.30. The Kier molecular flexibility index (Phi) is 7.35. The first-order chi connectivity index (χ1) is 16.6. The molecule has 0 aliphatic carbocycles. The summed E-state index contributed by atoms with van der Waals surface area (Å²) in [5.74, 6) is 0.882. The number of hydrogen-bond acceptors (Lipinski definition) is 5. The van der Waals surface area contributed by atoms with E-state index in [1.165, 1.54) is 0 Å². The summed E-state index contributed by atoms with van der Waals surface area (Å²) in [6.45, 7) is 1.73. The Balaban J connectivity index is 1.33. The van der Waals surface area contributed by atoms with Crippen LogP contribution in [0.2, 0.25) is 0 Å². The molecule has 0 fully saturated rings. The predicted molar refractivity (Wildman–Crippen MR) is 129 cm³/mol. The summed E-state index contributed by atoms with van der Waals surface area (Å²) < 4.78 is 11.5. The van der Waals surface area contributed by atoms with E-state index in [1.807, 2.05) is 85.8 Å². The van der Waals surface area contributed by atoms with Crippen LogP contribution in [0, 0.1) is 6.92 Å². The van der Waals surface area contributed by atoms with Gasteiger partial charge in [-0.1, -0.05) is 72.8 Å². The molecule has 1 aromatic heterocycles. The van der Waals surface area contributed by atoms with Gasteiger partial charge in [-0.3, -0.25) is 20.4 Å². The Hall–Kier alpha value is -4.39. The molecule has 2 N–H and O–H groups in total. The van der Waals surface area contributed by atoms with Crippen LogP contribution in [0.25, 0.3) is 22.6 Å². The molecule has 0 aliphatic rings. The predicted octanol–water partition coefficient (Wildman–Crippen LogP) is 4.48. The maximum absolute atomic E-state index is 12.2. The molecule has 0 spiro atoms. The quantitative estimate of drug-likeness (QED) is 0.382. The number of carbonyl (C=O) groups excluding carboxylic acids is 2. The molecular weight excluding hydrogens is 430 g/mol. The molecule has 0 bridgehead atoms. The Morgan fingerprint density at radius 2 is 1.53 bits per heavy atom. The number of rotatable bonds is 8. The molecule has 0 atom stereocenters. The molecule has 0 unspecified atom stereocenters. The second-order valence-corrected chi connectivity index (χ2v) is 7.72. The Labute approximate surface area is 197 Å². The highest BCUT2D eigenvalue weighted by Gasteiger charge is 2.17. The first-order valence-corrected chi connectivity index (χ1v) is 11.0. The van der Waals surface area contributed by atoms with Crippen molar-refractivity contribution in [1.82, 2.24) is 15.8 Å². The first kappa shape index (κ1) is 22.8. The monoisotopic (exact) mass is 455 g/mol. The molecule has 4 rings (SSSR count). The highest BCUT2D eigenvalue weighted by molar-refractivity contribution is 5.83. The normalized spacial score (nSPS) is 10.5. The number of oxazole rings is 1. The zero-order valence-electron chi connectivity index (χ0n) is 18.8. The molecule has 34 heavy (non-hydrogen) atoms. The maximum Gasteiger partial charge on any atom is 0.276 e. The van der Waals surface area contributed by atoms with Gasteiger partial charge in [0, 0.05) is 24.0 Å². The van der Waals surface area contributed by atoms with Crippen LogP contribution in [-0.4, -0.2) is 23.4 Å². The molecule has 7 heteroatoms. The van der Waals surface area contributed by atoms with Crippen molar-refractivity contribution < 1.29 is 18.7 Å². The number of nitrogens with one attached hydrogen (secondary N) is 2. The lowest BCUT2D eigenvalue weighted by Crippen LogP contribution is -2.43. The molecule has 0 radical (unpaired) electrons. The van der Waals surface area contributed by atoms with Crippen LogP contribution in [0.4, 0.5) is 0 Å². The minimum Gasteiger partial charge on any atom is -0.484 e. The lowest BCUT2D eigenvalue weighted by Gasteiger charge is -2.08. The summed E-state index contributed by atoms with van der Waals surface area (Å²) in [5.41, 5.74) is 8.35. The van der Waals surface area contributed by atoms with Crippen molar-refractivity contribution in [2.24, 2.45) is 0 Å². The van der Waals surface area contributed by atoms with Crippen molar-refractivity contribution in [2.75, 3.05) is 6.61 Å². The molecule has 0 aliphatic heterocycles. The fourth-order valence-electron chi connectivity index (χ4n) is 3.36. The molecule has 1 heterocycles. The number of amides is 2. The van der Waals surface area contributed by atoms with Crippen LogP contribution in [0.3, 0.4) is 0 Å². The van der Waals surface area contributed by atoms with E-state index in [9.17, 15) is 9.59 Å². The Bertz CT molecular complexity index is 1200. The van der Waals surface area contributed by atoms with Gasteiger partial charge in [0.05, 0.1) is 0 Å². The molecule has 0 saturated carbocycles. The number of aromatic nitrogens is 1. The summed E-state index contributed by atoms with van der Waals surface area (Å²) in [7, 11) is 0. The largest absolute Gasteiger partial charge is 0.484 e. The number of carbonyl (C=O) groups is 2.